The number of aromatic nitrogens is 1. The number of hydrogen-bond acceptors (Lipinski definition) is 4. The Morgan fingerprint density at radius 2 is 2.14 bits per heavy atom. The number of carbonyl (C=O) groups is 1. The largest absolute Gasteiger partial charge is 0.378 e. The van der Waals surface area contributed by atoms with Crippen molar-refractivity contribution in [2.24, 2.45) is 5.92 Å². The van der Waals surface area contributed by atoms with Crippen molar-refractivity contribution in [1.29, 1.82) is 0 Å². The quantitative estimate of drug-likeness (QED) is 0.903. The van der Waals surface area contributed by atoms with Gasteiger partial charge in [0, 0.05) is 30.5 Å². The zero-order valence-corrected chi connectivity index (χ0v) is 12.8. The van der Waals surface area contributed by atoms with Crippen LogP contribution in [0.2, 0.25) is 0 Å². The Morgan fingerprint density at radius 3 is 2.90 bits per heavy atom. The Balaban J connectivity index is 1.59. The van der Waals surface area contributed by atoms with E-state index in [0.29, 0.717) is 13.2 Å². The highest BCUT2D eigenvalue weighted by atomic mass is 16.5. The molecular formula is C16H23N3O2. The van der Waals surface area contributed by atoms with Crippen LogP contribution >= 0.6 is 0 Å². The molecule has 0 aromatic carbocycles. The predicted octanol–water partition coefficient (Wildman–Crippen LogP) is 1.04. The summed E-state index contributed by atoms with van der Waals surface area (Å²) < 4.78 is 5.53. The molecule has 21 heavy (non-hydrogen) atoms. The molecule has 0 aliphatic carbocycles. The number of nitrogens with one attached hydrogen (secondary N) is 1. The van der Waals surface area contributed by atoms with E-state index in [0.717, 1.165) is 43.1 Å². The van der Waals surface area contributed by atoms with Gasteiger partial charge in [-0.1, -0.05) is 0 Å². The van der Waals surface area contributed by atoms with Crippen LogP contribution in [0.5, 0.6) is 0 Å². The van der Waals surface area contributed by atoms with Crippen molar-refractivity contribution in [2.75, 3.05) is 26.3 Å². The van der Waals surface area contributed by atoms with Gasteiger partial charge in [0.1, 0.15) is 0 Å². The van der Waals surface area contributed by atoms with Gasteiger partial charge in [0.15, 0.2) is 0 Å². The van der Waals surface area contributed by atoms with E-state index in [-0.39, 0.29) is 17.9 Å². The van der Waals surface area contributed by atoms with Crippen LogP contribution in [0.4, 0.5) is 0 Å². The van der Waals surface area contributed by atoms with Gasteiger partial charge in [-0.05, 0) is 44.5 Å². The summed E-state index contributed by atoms with van der Waals surface area (Å²) in [7, 11) is 0. The van der Waals surface area contributed by atoms with Crippen molar-refractivity contribution in [3.05, 3.63) is 29.1 Å². The van der Waals surface area contributed by atoms with Gasteiger partial charge < -0.3 is 10.1 Å². The van der Waals surface area contributed by atoms with Crippen molar-refractivity contribution < 1.29 is 9.53 Å². The highest BCUT2D eigenvalue weighted by Crippen LogP contribution is 2.26. The lowest BCUT2D eigenvalue weighted by atomic mass is 9.99. The first-order chi connectivity index (χ1) is 10.1. The van der Waals surface area contributed by atoms with E-state index < -0.39 is 0 Å². The van der Waals surface area contributed by atoms with Gasteiger partial charge in [-0.15, -0.1) is 0 Å². The smallest absolute Gasteiger partial charge is 0.225 e. The standard InChI is InChI=1S/C16H23N3O2/c1-11-7-13(8-12(2)18-11)9-17-16(20)14-3-4-19-5-6-21-10-15(14)19/h7-8,14-15H,3-6,9-10H2,1-2H3,(H,17,20). The Labute approximate surface area is 125 Å². The molecule has 2 aliphatic heterocycles. The summed E-state index contributed by atoms with van der Waals surface area (Å²) in [5.74, 6) is 0.217. The highest BCUT2D eigenvalue weighted by Gasteiger charge is 2.39. The van der Waals surface area contributed by atoms with E-state index in [1.165, 1.54) is 0 Å². The lowest BCUT2D eigenvalue weighted by molar-refractivity contribution is -0.127. The fourth-order valence-electron chi connectivity index (χ4n) is 3.45. The summed E-state index contributed by atoms with van der Waals surface area (Å²) in [6, 6.07) is 4.32. The monoisotopic (exact) mass is 289 g/mol. The normalized spacial score (nSPS) is 25.6. The Hall–Kier alpha value is -1.46. The third-order valence-corrected chi connectivity index (χ3v) is 4.42. The SMILES string of the molecule is Cc1cc(CNC(=O)C2CCN3CCOCC23)cc(C)n1. The number of pyridine rings is 1. The maximum atomic E-state index is 12.4. The van der Waals surface area contributed by atoms with E-state index in [9.17, 15) is 4.79 Å². The summed E-state index contributed by atoms with van der Waals surface area (Å²) in [5.41, 5.74) is 3.10. The molecule has 2 atom stereocenters. The number of ether oxygens (including phenoxy) is 1. The molecular weight excluding hydrogens is 266 g/mol. The van der Waals surface area contributed by atoms with Crippen molar-refractivity contribution >= 4 is 5.91 Å². The topological polar surface area (TPSA) is 54.5 Å². The molecule has 1 aromatic heterocycles. The van der Waals surface area contributed by atoms with Crippen molar-refractivity contribution in [2.45, 2.75) is 32.9 Å². The minimum atomic E-state index is 0.0642. The van der Waals surface area contributed by atoms with Gasteiger partial charge in [-0.2, -0.15) is 0 Å². The van der Waals surface area contributed by atoms with Crippen molar-refractivity contribution in [3.8, 4) is 0 Å². The molecule has 5 heteroatoms. The number of aryl methyl sites for hydroxylation is 2. The molecule has 2 aliphatic rings. The van der Waals surface area contributed by atoms with Crippen LogP contribution < -0.4 is 5.32 Å². The van der Waals surface area contributed by atoms with E-state index in [4.69, 9.17) is 4.74 Å². The maximum Gasteiger partial charge on any atom is 0.225 e. The first-order valence-electron chi connectivity index (χ1n) is 7.67. The fraction of sp³-hybridized carbons (Fsp3) is 0.625. The second-order valence-corrected chi connectivity index (χ2v) is 6.05. The van der Waals surface area contributed by atoms with Gasteiger partial charge in [-0.25, -0.2) is 0 Å². The number of rotatable bonds is 3. The molecule has 3 heterocycles. The molecule has 1 aromatic rings. The number of carbonyl (C=O) groups excluding carboxylic acids is 1. The minimum absolute atomic E-state index is 0.0642. The molecule has 2 saturated heterocycles. The second-order valence-electron chi connectivity index (χ2n) is 6.05. The van der Waals surface area contributed by atoms with Crippen LogP contribution in [0, 0.1) is 19.8 Å². The molecule has 0 spiro atoms. The molecule has 0 saturated carbocycles. The maximum absolute atomic E-state index is 12.4. The van der Waals surface area contributed by atoms with Crippen LogP contribution in [0.15, 0.2) is 12.1 Å². The second kappa shape index (κ2) is 6.12. The van der Waals surface area contributed by atoms with E-state index in [2.05, 4.69) is 15.2 Å². The molecule has 114 valence electrons. The van der Waals surface area contributed by atoms with Crippen LogP contribution in [-0.2, 0) is 16.1 Å². The molecule has 3 rings (SSSR count). The van der Waals surface area contributed by atoms with Crippen molar-refractivity contribution in [1.82, 2.24) is 15.2 Å². The summed E-state index contributed by atoms with van der Waals surface area (Å²) in [6.45, 7) is 7.98. The summed E-state index contributed by atoms with van der Waals surface area (Å²) in [6.07, 6.45) is 0.939. The first-order valence-corrected chi connectivity index (χ1v) is 7.67. The Kier molecular flexibility index (Phi) is 4.22. The van der Waals surface area contributed by atoms with Gasteiger partial charge in [0.05, 0.1) is 19.1 Å². The third kappa shape index (κ3) is 3.24. The zero-order valence-electron chi connectivity index (χ0n) is 12.8. The molecule has 0 radical (unpaired) electrons. The fourth-order valence-corrected chi connectivity index (χ4v) is 3.45. The predicted molar refractivity (Wildman–Crippen MR) is 79.8 cm³/mol. The summed E-state index contributed by atoms with van der Waals surface area (Å²) >= 11 is 0. The first kappa shape index (κ1) is 14.5. The lowest BCUT2D eigenvalue weighted by Gasteiger charge is -2.31. The zero-order chi connectivity index (χ0) is 14.8. The molecule has 1 N–H and O–H groups in total. The number of morpholine rings is 1. The average molecular weight is 289 g/mol. The minimum Gasteiger partial charge on any atom is -0.378 e. The van der Waals surface area contributed by atoms with Gasteiger partial charge >= 0.3 is 0 Å². The van der Waals surface area contributed by atoms with E-state index >= 15 is 0 Å². The van der Waals surface area contributed by atoms with Crippen LogP contribution in [0.25, 0.3) is 0 Å². The molecule has 5 nitrogen and oxygen atoms in total. The Morgan fingerprint density at radius 1 is 1.38 bits per heavy atom. The van der Waals surface area contributed by atoms with Crippen LogP contribution in [0.3, 0.4) is 0 Å². The van der Waals surface area contributed by atoms with Gasteiger partial charge in [-0.3, -0.25) is 14.7 Å². The lowest BCUT2D eigenvalue weighted by Crippen LogP contribution is -2.47. The summed E-state index contributed by atoms with van der Waals surface area (Å²) in [5, 5.41) is 3.08. The number of hydrogen-bond donors (Lipinski definition) is 1. The van der Waals surface area contributed by atoms with E-state index in [1.807, 2.05) is 26.0 Å². The van der Waals surface area contributed by atoms with Gasteiger partial charge in [0.2, 0.25) is 5.91 Å². The van der Waals surface area contributed by atoms with Crippen LogP contribution in [0.1, 0.15) is 23.4 Å². The average Bonchev–Trinajstić information content (AvgIpc) is 2.88. The number of amides is 1. The van der Waals surface area contributed by atoms with Crippen LogP contribution in [-0.4, -0.2) is 48.1 Å². The van der Waals surface area contributed by atoms with E-state index in [1.54, 1.807) is 0 Å². The molecule has 2 fully saturated rings. The highest BCUT2D eigenvalue weighted by molar-refractivity contribution is 5.79. The number of nitrogens with zero attached hydrogens (tertiary/aromatic N) is 2. The third-order valence-electron chi connectivity index (χ3n) is 4.42. The Bertz CT molecular complexity index is 512. The molecule has 1 amide bonds. The molecule has 0 bridgehead atoms. The van der Waals surface area contributed by atoms with Gasteiger partial charge in [0.25, 0.3) is 0 Å². The molecule has 2 unspecified atom stereocenters. The van der Waals surface area contributed by atoms with Crippen molar-refractivity contribution in [3.63, 3.8) is 0 Å². The number of fused-ring (bicyclic) bond motifs is 1. The summed E-state index contributed by atoms with van der Waals surface area (Å²) in [4.78, 5) is 19.2.